The Kier molecular flexibility index (Phi) is 7.70. The normalized spacial score (nSPS) is 12.0. The summed E-state index contributed by atoms with van der Waals surface area (Å²) in [5.74, 6) is -0.602. The molecule has 2 aromatic carbocycles. The van der Waals surface area contributed by atoms with Crippen LogP contribution in [0.3, 0.4) is 0 Å². The number of aliphatic hydroxyl groups excluding tert-OH is 1. The lowest BCUT2D eigenvalue weighted by Crippen LogP contribution is -2.12. The number of hydrogen-bond acceptors (Lipinski definition) is 4. The molecule has 0 aliphatic carbocycles. The Labute approximate surface area is 195 Å². The SMILES string of the molecule is O=C(/C=C/C=C(c1ccc(C(F)(F)F)cc1)c1ccc(C(F)(F)F)cc1)Nc1nccnc1CO. The van der Waals surface area contributed by atoms with Crippen LogP contribution >= 0.6 is 0 Å². The minimum Gasteiger partial charge on any atom is -0.390 e. The van der Waals surface area contributed by atoms with E-state index in [0.717, 1.165) is 30.3 Å². The van der Waals surface area contributed by atoms with Gasteiger partial charge in [0.05, 0.1) is 17.7 Å². The zero-order valence-corrected chi connectivity index (χ0v) is 17.7. The molecule has 3 rings (SSSR count). The third kappa shape index (κ3) is 6.76. The summed E-state index contributed by atoms with van der Waals surface area (Å²) in [6, 6.07) is 8.17. The molecule has 0 radical (unpaired) electrons. The number of halogens is 6. The van der Waals surface area contributed by atoms with Crippen LogP contribution in [-0.2, 0) is 23.8 Å². The van der Waals surface area contributed by atoms with Crippen LogP contribution in [-0.4, -0.2) is 21.0 Å². The van der Waals surface area contributed by atoms with Crippen molar-refractivity contribution in [3.8, 4) is 0 Å². The Morgan fingerprint density at radius 2 is 1.31 bits per heavy atom. The summed E-state index contributed by atoms with van der Waals surface area (Å²) in [4.78, 5) is 20.0. The molecule has 3 aromatic rings. The van der Waals surface area contributed by atoms with E-state index in [1.807, 2.05) is 0 Å². The number of aliphatic hydroxyl groups is 1. The number of aromatic nitrogens is 2. The van der Waals surface area contributed by atoms with Crippen LogP contribution < -0.4 is 5.32 Å². The zero-order chi connectivity index (χ0) is 25.6. The molecule has 0 saturated heterocycles. The molecule has 0 spiro atoms. The molecule has 2 N–H and O–H groups in total. The predicted octanol–water partition coefficient (Wildman–Crippen LogP) is 5.63. The van der Waals surface area contributed by atoms with E-state index in [0.29, 0.717) is 11.1 Å². The van der Waals surface area contributed by atoms with E-state index in [1.165, 1.54) is 48.8 Å². The quantitative estimate of drug-likeness (QED) is 0.265. The number of nitrogens with one attached hydrogen (secondary N) is 1. The Hall–Kier alpha value is -3.99. The number of anilines is 1. The molecule has 0 aliphatic heterocycles. The number of benzene rings is 2. The van der Waals surface area contributed by atoms with Gasteiger partial charge in [0.25, 0.3) is 0 Å². The lowest BCUT2D eigenvalue weighted by molar-refractivity contribution is -0.138. The highest BCUT2D eigenvalue weighted by Crippen LogP contribution is 2.33. The molecule has 0 saturated carbocycles. The van der Waals surface area contributed by atoms with Crippen molar-refractivity contribution in [2.24, 2.45) is 0 Å². The molecular formula is C24H17F6N3O2. The van der Waals surface area contributed by atoms with Crippen LogP contribution in [0.1, 0.15) is 27.9 Å². The molecule has 0 unspecified atom stereocenters. The zero-order valence-electron chi connectivity index (χ0n) is 17.7. The third-order valence-electron chi connectivity index (χ3n) is 4.72. The van der Waals surface area contributed by atoms with Crippen LogP contribution in [0.2, 0.25) is 0 Å². The largest absolute Gasteiger partial charge is 0.416 e. The number of hydrogen-bond donors (Lipinski definition) is 2. The maximum atomic E-state index is 12.9. The minimum atomic E-state index is -4.55. The molecule has 1 heterocycles. The van der Waals surface area contributed by atoms with E-state index in [-0.39, 0.29) is 17.1 Å². The van der Waals surface area contributed by atoms with Crippen molar-refractivity contribution in [3.63, 3.8) is 0 Å². The summed E-state index contributed by atoms with van der Waals surface area (Å²) in [6.07, 6.45) is -2.70. The van der Waals surface area contributed by atoms with Gasteiger partial charge in [-0.2, -0.15) is 26.3 Å². The lowest BCUT2D eigenvalue weighted by Gasteiger charge is -2.12. The summed E-state index contributed by atoms with van der Waals surface area (Å²) in [6.45, 7) is -0.459. The average molecular weight is 493 g/mol. The number of carbonyl (C=O) groups excluding carboxylic acids is 1. The second-order valence-corrected chi connectivity index (χ2v) is 7.09. The average Bonchev–Trinajstić information content (AvgIpc) is 2.81. The Morgan fingerprint density at radius 3 is 1.77 bits per heavy atom. The highest BCUT2D eigenvalue weighted by Gasteiger charge is 2.31. The van der Waals surface area contributed by atoms with E-state index in [9.17, 15) is 36.2 Å². The predicted molar refractivity (Wildman–Crippen MR) is 116 cm³/mol. The van der Waals surface area contributed by atoms with Crippen LogP contribution in [0.4, 0.5) is 32.2 Å². The van der Waals surface area contributed by atoms with Gasteiger partial charge in [-0.15, -0.1) is 0 Å². The summed E-state index contributed by atoms with van der Waals surface area (Å²) in [5.41, 5.74) is -0.760. The van der Waals surface area contributed by atoms with Gasteiger partial charge in [0.15, 0.2) is 5.82 Å². The molecule has 0 bridgehead atoms. The van der Waals surface area contributed by atoms with Crippen molar-refractivity contribution in [2.45, 2.75) is 19.0 Å². The number of alkyl halides is 6. The fourth-order valence-corrected chi connectivity index (χ4v) is 3.01. The first-order chi connectivity index (χ1) is 16.5. The maximum absolute atomic E-state index is 12.9. The van der Waals surface area contributed by atoms with Gasteiger partial charge < -0.3 is 10.4 Å². The first kappa shape index (κ1) is 25.6. The number of nitrogens with zero attached hydrogens (tertiary/aromatic N) is 2. The summed E-state index contributed by atoms with van der Waals surface area (Å²) in [7, 11) is 0. The van der Waals surface area contributed by atoms with Crippen molar-refractivity contribution in [2.75, 3.05) is 5.32 Å². The first-order valence-corrected chi connectivity index (χ1v) is 9.94. The molecule has 5 nitrogen and oxygen atoms in total. The van der Waals surface area contributed by atoms with Crippen LogP contribution in [0, 0.1) is 0 Å². The summed E-state index contributed by atoms with van der Waals surface area (Å²) >= 11 is 0. The smallest absolute Gasteiger partial charge is 0.390 e. The van der Waals surface area contributed by atoms with Gasteiger partial charge in [0.2, 0.25) is 5.91 Å². The Morgan fingerprint density at radius 1 is 0.829 bits per heavy atom. The van der Waals surface area contributed by atoms with Gasteiger partial charge in [0.1, 0.15) is 5.69 Å². The van der Waals surface area contributed by atoms with Crippen molar-refractivity contribution < 1.29 is 36.2 Å². The second-order valence-electron chi connectivity index (χ2n) is 7.09. The van der Waals surface area contributed by atoms with E-state index in [2.05, 4.69) is 15.3 Å². The van der Waals surface area contributed by atoms with Gasteiger partial charge in [0, 0.05) is 18.5 Å². The molecule has 182 valence electrons. The van der Waals surface area contributed by atoms with Gasteiger partial charge in [-0.1, -0.05) is 36.4 Å². The van der Waals surface area contributed by atoms with E-state index in [1.54, 1.807) is 0 Å². The summed E-state index contributed by atoms with van der Waals surface area (Å²) < 4.78 is 77.5. The fraction of sp³-hybridized carbons (Fsp3) is 0.125. The number of amides is 1. The van der Waals surface area contributed by atoms with Crippen LogP contribution in [0.5, 0.6) is 0 Å². The van der Waals surface area contributed by atoms with Crippen LogP contribution in [0.15, 0.2) is 79.2 Å². The lowest BCUT2D eigenvalue weighted by atomic mass is 9.95. The standard InChI is InChI=1S/C24H17F6N3O2/c25-23(26,27)17-8-4-15(5-9-17)19(16-6-10-18(11-7-16)24(28,29)30)2-1-3-21(35)33-22-20(14-34)31-12-13-32-22/h1-13,34H,14H2,(H,32,33,35)/b3-1+. The minimum absolute atomic E-state index is 0.0410. The molecule has 0 atom stereocenters. The van der Waals surface area contributed by atoms with Gasteiger partial charge >= 0.3 is 12.4 Å². The Balaban J connectivity index is 1.92. The van der Waals surface area contributed by atoms with Gasteiger partial charge in [-0.25, -0.2) is 4.98 Å². The van der Waals surface area contributed by atoms with Crippen molar-refractivity contribution >= 4 is 17.3 Å². The first-order valence-electron chi connectivity index (χ1n) is 9.94. The fourth-order valence-electron chi connectivity index (χ4n) is 3.01. The molecule has 0 fully saturated rings. The van der Waals surface area contributed by atoms with Gasteiger partial charge in [-0.05, 0) is 41.0 Å². The second kappa shape index (κ2) is 10.5. The van der Waals surface area contributed by atoms with Crippen molar-refractivity contribution in [1.29, 1.82) is 0 Å². The molecular weight excluding hydrogens is 476 g/mol. The van der Waals surface area contributed by atoms with Gasteiger partial charge in [-0.3, -0.25) is 9.78 Å². The molecule has 11 heteroatoms. The van der Waals surface area contributed by atoms with Crippen molar-refractivity contribution in [3.05, 3.63) is 107 Å². The Bertz CT molecular complexity index is 1170. The number of rotatable bonds is 6. The van der Waals surface area contributed by atoms with E-state index < -0.39 is 36.0 Å². The van der Waals surface area contributed by atoms with E-state index in [4.69, 9.17) is 0 Å². The van der Waals surface area contributed by atoms with E-state index >= 15 is 0 Å². The number of allylic oxidation sites excluding steroid dienone is 2. The third-order valence-corrected chi connectivity index (χ3v) is 4.72. The topological polar surface area (TPSA) is 75.1 Å². The molecule has 0 aliphatic rings. The maximum Gasteiger partial charge on any atom is 0.416 e. The molecule has 1 amide bonds. The highest BCUT2D eigenvalue weighted by atomic mass is 19.4. The van der Waals surface area contributed by atoms with Crippen molar-refractivity contribution in [1.82, 2.24) is 9.97 Å². The van der Waals surface area contributed by atoms with Crippen LogP contribution in [0.25, 0.3) is 5.57 Å². The summed E-state index contributed by atoms with van der Waals surface area (Å²) in [5, 5.41) is 11.7. The molecule has 35 heavy (non-hydrogen) atoms. The molecule has 1 aromatic heterocycles. The number of carbonyl (C=O) groups is 1. The highest BCUT2D eigenvalue weighted by molar-refractivity contribution is 5.99. The monoisotopic (exact) mass is 493 g/mol.